The predicted octanol–water partition coefficient (Wildman–Crippen LogP) is 2.33. The summed E-state index contributed by atoms with van der Waals surface area (Å²) in [5, 5.41) is 3.50. The van der Waals surface area contributed by atoms with E-state index < -0.39 is 0 Å². The zero-order valence-corrected chi connectivity index (χ0v) is 7.91. The number of rotatable bonds is 2. The van der Waals surface area contributed by atoms with E-state index >= 15 is 0 Å². The summed E-state index contributed by atoms with van der Waals surface area (Å²) in [6.45, 7) is 0. The average Bonchev–Trinajstić information content (AvgIpc) is 2.21. The summed E-state index contributed by atoms with van der Waals surface area (Å²) in [6.07, 6.45) is 14.6. The van der Waals surface area contributed by atoms with Gasteiger partial charge in [0.1, 0.15) is 0 Å². The van der Waals surface area contributed by atoms with E-state index in [4.69, 9.17) is 4.74 Å². The fourth-order valence-corrected chi connectivity index (χ4v) is 1.98. The van der Waals surface area contributed by atoms with Crippen LogP contribution in [0.3, 0.4) is 0 Å². The molecular formula is C11H17NO. The number of nitrogens with one attached hydrogen (secondary N) is 1. The van der Waals surface area contributed by atoms with Gasteiger partial charge in [-0.25, -0.2) is 0 Å². The zero-order valence-electron chi connectivity index (χ0n) is 7.91. The van der Waals surface area contributed by atoms with Gasteiger partial charge in [0.05, 0.1) is 6.26 Å². The van der Waals surface area contributed by atoms with Crippen molar-refractivity contribution >= 4 is 0 Å². The summed E-state index contributed by atoms with van der Waals surface area (Å²) in [6, 6.07) is 0.662. The number of hydrogen-bond acceptors (Lipinski definition) is 2. The molecule has 1 heterocycles. The normalized spacial score (nSPS) is 28.8. The van der Waals surface area contributed by atoms with Crippen molar-refractivity contribution in [2.24, 2.45) is 0 Å². The van der Waals surface area contributed by atoms with E-state index in [1.165, 1.54) is 32.1 Å². The summed E-state index contributed by atoms with van der Waals surface area (Å²) < 4.78 is 5.40. The van der Waals surface area contributed by atoms with Crippen LogP contribution in [-0.2, 0) is 4.74 Å². The molecule has 1 aliphatic heterocycles. The lowest BCUT2D eigenvalue weighted by Crippen LogP contribution is -2.39. The Kier molecular flexibility index (Phi) is 3.03. The topological polar surface area (TPSA) is 21.3 Å². The van der Waals surface area contributed by atoms with Gasteiger partial charge in [-0.15, -0.1) is 0 Å². The summed E-state index contributed by atoms with van der Waals surface area (Å²) in [5.41, 5.74) is 0. The van der Waals surface area contributed by atoms with Crippen molar-refractivity contribution in [3.63, 3.8) is 0 Å². The van der Waals surface area contributed by atoms with Gasteiger partial charge in [0.2, 0.25) is 0 Å². The van der Waals surface area contributed by atoms with Gasteiger partial charge in [-0.2, -0.15) is 0 Å². The standard InChI is InChI=1S/C11H17NO/c1-2-6-10(7-3-1)12-11-8-4-5-9-13-11/h4-5,8-12H,1-3,6-7H2. The molecule has 2 nitrogen and oxygen atoms in total. The van der Waals surface area contributed by atoms with Gasteiger partial charge in [-0.05, 0) is 25.0 Å². The van der Waals surface area contributed by atoms with Crippen molar-refractivity contribution in [1.82, 2.24) is 5.32 Å². The highest BCUT2D eigenvalue weighted by Gasteiger charge is 2.16. The summed E-state index contributed by atoms with van der Waals surface area (Å²) in [4.78, 5) is 0. The van der Waals surface area contributed by atoms with Gasteiger partial charge < -0.3 is 4.74 Å². The second kappa shape index (κ2) is 4.47. The molecule has 1 saturated carbocycles. The van der Waals surface area contributed by atoms with Gasteiger partial charge >= 0.3 is 0 Å². The van der Waals surface area contributed by atoms with E-state index in [-0.39, 0.29) is 6.23 Å². The Morgan fingerprint density at radius 3 is 2.62 bits per heavy atom. The highest BCUT2D eigenvalue weighted by Crippen LogP contribution is 2.18. The second-order valence-electron chi connectivity index (χ2n) is 3.77. The lowest BCUT2D eigenvalue weighted by atomic mass is 9.95. The lowest BCUT2D eigenvalue weighted by Gasteiger charge is -2.27. The first kappa shape index (κ1) is 8.82. The third kappa shape index (κ3) is 2.59. The molecule has 0 aromatic rings. The number of allylic oxidation sites excluding steroid dienone is 2. The van der Waals surface area contributed by atoms with Gasteiger partial charge in [0.15, 0.2) is 6.23 Å². The Hall–Kier alpha value is -0.760. The predicted molar refractivity (Wildman–Crippen MR) is 53.2 cm³/mol. The van der Waals surface area contributed by atoms with E-state index in [0.717, 1.165) is 0 Å². The molecule has 0 saturated heterocycles. The fourth-order valence-electron chi connectivity index (χ4n) is 1.98. The van der Waals surface area contributed by atoms with E-state index in [9.17, 15) is 0 Å². The Bertz CT molecular complexity index is 204. The van der Waals surface area contributed by atoms with Crippen molar-refractivity contribution in [1.29, 1.82) is 0 Å². The SMILES string of the molecule is C1=COC(NC2CCCCC2)C=C1. The molecule has 0 bridgehead atoms. The van der Waals surface area contributed by atoms with Crippen LogP contribution in [-0.4, -0.2) is 12.3 Å². The van der Waals surface area contributed by atoms with Crippen molar-refractivity contribution < 1.29 is 4.74 Å². The van der Waals surface area contributed by atoms with Crippen LogP contribution in [0.15, 0.2) is 24.5 Å². The number of ether oxygens (including phenoxy) is 1. The highest BCUT2D eigenvalue weighted by molar-refractivity contribution is 5.07. The molecule has 1 atom stereocenters. The maximum Gasteiger partial charge on any atom is 0.169 e. The molecule has 1 aliphatic carbocycles. The van der Waals surface area contributed by atoms with E-state index in [1.54, 1.807) is 6.26 Å². The smallest absolute Gasteiger partial charge is 0.169 e. The number of hydrogen-bond donors (Lipinski definition) is 1. The minimum Gasteiger partial charge on any atom is -0.479 e. The van der Waals surface area contributed by atoms with Crippen LogP contribution in [0.1, 0.15) is 32.1 Å². The van der Waals surface area contributed by atoms with Gasteiger partial charge in [0.25, 0.3) is 0 Å². The highest BCUT2D eigenvalue weighted by atomic mass is 16.5. The molecular weight excluding hydrogens is 162 g/mol. The molecule has 1 N–H and O–H groups in total. The Morgan fingerprint density at radius 1 is 1.08 bits per heavy atom. The molecule has 2 heteroatoms. The van der Waals surface area contributed by atoms with Crippen LogP contribution < -0.4 is 5.32 Å². The molecule has 0 amide bonds. The van der Waals surface area contributed by atoms with Crippen LogP contribution in [0.25, 0.3) is 0 Å². The van der Waals surface area contributed by atoms with Crippen LogP contribution >= 0.6 is 0 Å². The largest absolute Gasteiger partial charge is 0.479 e. The van der Waals surface area contributed by atoms with Crippen LogP contribution in [0.4, 0.5) is 0 Å². The van der Waals surface area contributed by atoms with Crippen molar-refractivity contribution in [2.75, 3.05) is 0 Å². The quantitative estimate of drug-likeness (QED) is 0.702. The molecule has 2 rings (SSSR count). The van der Waals surface area contributed by atoms with E-state index in [0.29, 0.717) is 6.04 Å². The van der Waals surface area contributed by atoms with Crippen LogP contribution in [0.5, 0.6) is 0 Å². The first-order chi connectivity index (χ1) is 6.45. The van der Waals surface area contributed by atoms with Gasteiger partial charge in [-0.3, -0.25) is 5.32 Å². The Balaban J connectivity index is 1.76. The molecule has 72 valence electrons. The zero-order chi connectivity index (χ0) is 8.93. The third-order valence-corrected chi connectivity index (χ3v) is 2.71. The van der Waals surface area contributed by atoms with E-state index in [2.05, 4.69) is 11.4 Å². The third-order valence-electron chi connectivity index (χ3n) is 2.71. The maximum absolute atomic E-state index is 5.40. The van der Waals surface area contributed by atoms with E-state index in [1.807, 2.05) is 12.2 Å². The monoisotopic (exact) mass is 179 g/mol. The van der Waals surface area contributed by atoms with Crippen molar-refractivity contribution in [3.8, 4) is 0 Å². The molecule has 2 aliphatic rings. The van der Waals surface area contributed by atoms with Crippen molar-refractivity contribution in [3.05, 3.63) is 24.5 Å². The Labute approximate surface area is 79.7 Å². The molecule has 1 fully saturated rings. The first-order valence-corrected chi connectivity index (χ1v) is 5.20. The molecule has 1 unspecified atom stereocenters. The van der Waals surface area contributed by atoms with Crippen LogP contribution in [0, 0.1) is 0 Å². The molecule has 0 radical (unpaired) electrons. The molecule has 0 aromatic heterocycles. The van der Waals surface area contributed by atoms with Crippen molar-refractivity contribution in [2.45, 2.75) is 44.4 Å². The fraction of sp³-hybridized carbons (Fsp3) is 0.636. The first-order valence-electron chi connectivity index (χ1n) is 5.20. The summed E-state index contributed by atoms with van der Waals surface area (Å²) >= 11 is 0. The Morgan fingerprint density at radius 2 is 1.92 bits per heavy atom. The minimum absolute atomic E-state index is 0.105. The van der Waals surface area contributed by atoms with Crippen LogP contribution in [0.2, 0.25) is 0 Å². The second-order valence-corrected chi connectivity index (χ2v) is 3.77. The summed E-state index contributed by atoms with van der Waals surface area (Å²) in [7, 11) is 0. The molecule has 13 heavy (non-hydrogen) atoms. The lowest BCUT2D eigenvalue weighted by molar-refractivity contribution is 0.127. The van der Waals surface area contributed by atoms with Gasteiger partial charge in [-0.1, -0.05) is 25.3 Å². The molecule has 0 spiro atoms. The summed E-state index contributed by atoms with van der Waals surface area (Å²) in [5.74, 6) is 0. The maximum atomic E-state index is 5.40. The minimum atomic E-state index is 0.105. The van der Waals surface area contributed by atoms with Gasteiger partial charge in [0, 0.05) is 6.04 Å². The average molecular weight is 179 g/mol. The molecule has 0 aromatic carbocycles.